The molecule has 2 aromatic rings. The number of hydrogen-bond acceptors (Lipinski definition) is 5. The normalized spacial score (nSPS) is 12.2. The van der Waals surface area contributed by atoms with E-state index in [1.807, 2.05) is 6.92 Å². The summed E-state index contributed by atoms with van der Waals surface area (Å²) in [6.07, 6.45) is 1.06. The van der Waals surface area contributed by atoms with Gasteiger partial charge in [-0.15, -0.1) is 0 Å². The first kappa shape index (κ1) is 29.1. The van der Waals surface area contributed by atoms with Crippen molar-refractivity contribution in [2.24, 2.45) is 0 Å². The monoisotopic (exact) mass is 522 g/mol. The number of amides is 2. The Hall–Kier alpha value is -3.18. The van der Waals surface area contributed by atoms with Crippen molar-refractivity contribution < 1.29 is 27.1 Å². The largest absolute Gasteiger partial charge is 0.497 e. The second-order valence-electron chi connectivity index (χ2n) is 8.36. The molecule has 1 atom stereocenters. The number of anilines is 1. The molecule has 11 heteroatoms. The molecular formula is C25H35FN4O5S. The third-order valence-electron chi connectivity index (χ3n) is 5.58. The Morgan fingerprint density at radius 2 is 1.64 bits per heavy atom. The predicted octanol–water partition coefficient (Wildman–Crippen LogP) is 2.78. The molecule has 0 aliphatic carbocycles. The summed E-state index contributed by atoms with van der Waals surface area (Å²) in [5, 5.41) is 2.83. The van der Waals surface area contributed by atoms with Gasteiger partial charge in [0, 0.05) is 27.2 Å². The molecule has 0 heterocycles. The van der Waals surface area contributed by atoms with Gasteiger partial charge in [-0.3, -0.25) is 9.59 Å². The van der Waals surface area contributed by atoms with Crippen LogP contribution in [0.5, 0.6) is 5.75 Å². The second-order valence-corrected chi connectivity index (χ2v) is 10.4. The Bertz CT molecular complexity index is 1110. The molecule has 0 aliphatic heterocycles. The molecular weight excluding hydrogens is 487 g/mol. The van der Waals surface area contributed by atoms with Crippen LogP contribution in [0.15, 0.2) is 48.5 Å². The summed E-state index contributed by atoms with van der Waals surface area (Å²) in [4.78, 5) is 28.0. The number of nitrogens with zero attached hydrogens (tertiary/aromatic N) is 3. The Morgan fingerprint density at radius 1 is 1.03 bits per heavy atom. The SMILES string of the molecule is CCCNC(=O)[C@H](CC)N(Cc1ccc(OC)cc1)C(=O)CN(c1ccc(F)cc1)S(=O)(=O)N(C)C. The molecule has 0 bridgehead atoms. The van der Waals surface area contributed by atoms with Gasteiger partial charge in [-0.05, 0) is 54.8 Å². The lowest BCUT2D eigenvalue weighted by Gasteiger charge is -2.34. The van der Waals surface area contributed by atoms with Crippen LogP contribution < -0.4 is 14.4 Å². The number of ether oxygens (including phenoxy) is 1. The van der Waals surface area contributed by atoms with E-state index in [0.29, 0.717) is 18.7 Å². The minimum absolute atomic E-state index is 0.0835. The van der Waals surface area contributed by atoms with Crippen LogP contribution in [0.4, 0.5) is 10.1 Å². The molecule has 9 nitrogen and oxygen atoms in total. The maximum Gasteiger partial charge on any atom is 0.304 e. The first-order valence-corrected chi connectivity index (χ1v) is 13.1. The van der Waals surface area contributed by atoms with E-state index in [4.69, 9.17) is 4.74 Å². The lowest BCUT2D eigenvalue weighted by Crippen LogP contribution is -2.53. The molecule has 0 aromatic heterocycles. The van der Waals surface area contributed by atoms with E-state index in [2.05, 4.69) is 5.32 Å². The number of halogens is 1. The highest BCUT2D eigenvalue weighted by Crippen LogP contribution is 2.22. The van der Waals surface area contributed by atoms with Crippen LogP contribution in [0.1, 0.15) is 32.3 Å². The van der Waals surface area contributed by atoms with E-state index in [1.165, 1.54) is 31.1 Å². The number of benzene rings is 2. The topological polar surface area (TPSA) is 99.3 Å². The minimum atomic E-state index is -4.10. The zero-order valence-corrected chi connectivity index (χ0v) is 22.2. The van der Waals surface area contributed by atoms with Crippen molar-refractivity contribution in [1.29, 1.82) is 0 Å². The van der Waals surface area contributed by atoms with Crippen LogP contribution in [0, 0.1) is 5.82 Å². The van der Waals surface area contributed by atoms with E-state index < -0.39 is 34.5 Å². The third-order valence-corrected chi connectivity index (χ3v) is 7.40. The second kappa shape index (κ2) is 13.2. The highest BCUT2D eigenvalue weighted by Gasteiger charge is 2.33. The summed E-state index contributed by atoms with van der Waals surface area (Å²) in [6.45, 7) is 3.68. The molecule has 0 fully saturated rings. The number of carbonyl (C=O) groups excluding carboxylic acids is 2. The van der Waals surface area contributed by atoms with Gasteiger partial charge in [-0.1, -0.05) is 26.0 Å². The fourth-order valence-electron chi connectivity index (χ4n) is 3.54. The molecule has 2 rings (SSSR count). The first-order valence-electron chi connectivity index (χ1n) is 11.7. The molecule has 198 valence electrons. The quantitative estimate of drug-likeness (QED) is 0.436. The molecule has 36 heavy (non-hydrogen) atoms. The molecule has 2 aromatic carbocycles. The van der Waals surface area contributed by atoms with Gasteiger partial charge in [0.25, 0.3) is 0 Å². The van der Waals surface area contributed by atoms with Gasteiger partial charge in [0.05, 0.1) is 12.8 Å². The average molecular weight is 523 g/mol. The predicted molar refractivity (Wildman–Crippen MR) is 137 cm³/mol. The molecule has 0 saturated carbocycles. The van der Waals surface area contributed by atoms with Crippen LogP contribution in [-0.4, -0.2) is 69.8 Å². The fourth-order valence-corrected chi connectivity index (χ4v) is 4.59. The van der Waals surface area contributed by atoms with Gasteiger partial charge in [-0.25, -0.2) is 8.70 Å². The van der Waals surface area contributed by atoms with Crippen molar-refractivity contribution in [2.75, 3.05) is 38.6 Å². The number of methoxy groups -OCH3 is 1. The van der Waals surface area contributed by atoms with Crippen molar-refractivity contribution in [1.82, 2.24) is 14.5 Å². The number of rotatable bonds is 13. The van der Waals surface area contributed by atoms with E-state index in [1.54, 1.807) is 38.3 Å². The molecule has 2 amide bonds. The van der Waals surface area contributed by atoms with E-state index >= 15 is 0 Å². The zero-order chi connectivity index (χ0) is 26.9. The molecule has 0 radical (unpaired) electrons. The lowest BCUT2D eigenvalue weighted by molar-refractivity contribution is -0.140. The first-order chi connectivity index (χ1) is 17.0. The highest BCUT2D eigenvalue weighted by atomic mass is 32.2. The maximum absolute atomic E-state index is 13.7. The van der Waals surface area contributed by atoms with Gasteiger partial charge in [0.15, 0.2) is 0 Å². The van der Waals surface area contributed by atoms with Crippen molar-refractivity contribution in [3.8, 4) is 5.75 Å². The molecule has 0 unspecified atom stereocenters. The summed E-state index contributed by atoms with van der Waals surface area (Å²) in [6, 6.07) is 11.1. The fraction of sp³-hybridized carbons (Fsp3) is 0.440. The zero-order valence-electron chi connectivity index (χ0n) is 21.4. The highest BCUT2D eigenvalue weighted by molar-refractivity contribution is 7.90. The van der Waals surface area contributed by atoms with Gasteiger partial charge in [0.2, 0.25) is 11.8 Å². The number of nitrogens with one attached hydrogen (secondary N) is 1. The Kier molecular flexibility index (Phi) is 10.7. The van der Waals surface area contributed by atoms with Crippen LogP contribution in [0.25, 0.3) is 0 Å². The van der Waals surface area contributed by atoms with Crippen molar-refractivity contribution in [2.45, 2.75) is 39.3 Å². The van der Waals surface area contributed by atoms with Gasteiger partial charge < -0.3 is 15.0 Å². The molecule has 0 saturated heterocycles. The van der Waals surface area contributed by atoms with E-state index in [9.17, 15) is 22.4 Å². The summed E-state index contributed by atoms with van der Waals surface area (Å²) in [5.74, 6) is -0.778. The van der Waals surface area contributed by atoms with Crippen LogP contribution in [-0.2, 0) is 26.3 Å². The van der Waals surface area contributed by atoms with Crippen molar-refractivity contribution in [3.63, 3.8) is 0 Å². The van der Waals surface area contributed by atoms with Crippen LogP contribution in [0.2, 0.25) is 0 Å². The Morgan fingerprint density at radius 3 is 2.14 bits per heavy atom. The van der Waals surface area contributed by atoms with Crippen molar-refractivity contribution >= 4 is 27.7 Å². The van der Waals surface area contributed by atoms with Gasteiger partial charge >= 0.3 is 10.2 Å². The Labute approximate surface area is 213 Å². The molecule has 0 spiro atoms. The number of hydrogen-bond donors (Lipinski definition) is 1. The van der Waals surface area contributed by atoms with Crippen molar-refractivity contribution in [3.05, 3.63) is 59.9 Å². The maximum atomic E-state index is 13.7. The summed E-state index contributed by atoms with van der Waals surface area (Å²) in [7, 11) is 0.136. The summed E-state index contributed by atoms with van der Waals surface area (Å²) < 4.78 is 46.8. The van der Waals surface area contributed by atoms with Gasteiger partial charge in [-0.2, -0.15) is 12.7 Å². The molecule has 0 aliphatic rings. The average Bonchev–Trinajstić information content (AvgIpc) is 2.86. The third kappa shape index (κ3) is 7.41. The standard InChI is InChI=1S/C25H35FN4O5S/c1-6-16-27-25(32)23(7-2)29(17-19-8-14-22(35-5)15-9-19)24(31)18-30(36(33,34)28(3)4)21-12-10-20(26)11-13-21/h8-15,23H,6-7,16-18H2,1-5H3,(H,27,32)/t23-/m0/s1. The van der Waals surface area contributed by atoms with E-state index in [0.717, 1.165) is 32.7 Å². The summed E-state index contributed by atoms with van der Waals surface area (Å²) >= 11 is 0. The minimum Gasteiger partial charge on any atom is -0.497 e. The van der Waals surface area contributed by atoms with Gasteiger partial charge in [0.1, 0.15) is 24.2 Å². The van der Waals surface area contributed by atoms with Crippen LogP contribution in [0.3, 0.4) is 0 Å². The smallest absolute Gasteiger partial charge is 0.304 e. The van der Waals surface area contributed by atoms with E-state index in [-0.39, 0.29) is 18.1 Å². The number of carbonyl (C=O) groups is 2. The summed E-state index contributed by atoms with van der Waals surface area (Å²) in [5.41, 5.74) is 0.876. The molecule has 1 N–H and O–H groups in total. The Balaban J connectivity index is 2.47. The lowest BCUT2D eigenvalue weighted by atomic mass is 10.1. The van der Waals surface area contributed by atoms with Crippen LogP contribution >= 0.6 is 0 Å².